The Labute approximate surface area is 193 Å². The Morgan fingerprint density at radius 1 is 0.909 bits per heavy atom. The van der Waals surface area contributed by atoms with E-state index in [1.807, 2.05) is 9.36 Å². The molecule has 5 nitrogen and oxygen atoms in total. The molecule has 0 N–H and O–H groups in total. The third-order valence-corrected chi connectivity index (χ3v) is 11.8. The number of benzene rings is 1. The van der Waals surface area contributed by atoms with Crippen LogP contribution in [0.1, 0.15) is 75.7 Å². The molecule has 9 rings (SSSR count). The average molecular weight is 442 g/mol. The maximum atomic E-state index is 14.1. The van der Waals surface area contributed by atoms with Gasteiger partial charge in [-0.3, -0.25) is 0 Å². The van der Waals surface area contributed by atoms with Crippen LogP contribution in [0.3, 0.4) is 0 Å². The molecule has 1 aromatic heterocycles. The molecule has 33 heavy (non-hydrogen) atoms. The molecule has 4 bridgehead atoms. The van der Waals surface area contributed by atoms with E-state index in [1.54, 1.807) is 4.57 Å². The summed E-state index contributed by atoms with van der Waals surface area (Å²) in [5.41, 5.74) is 2.36. The Balaban J connectivity index is 1.38. The van der Waals surface area contributed by atoms with E-state index < -0.39 is 0 Å². The van der Waals surface area contributed by atoms with Crippen molar-refractivity contribution in [2.24, 2.45) is 22.2 Å². The van der Waals surface area contributed by atoms with Gasteiger partial charge in [-0.25, -0.2) is 23.5 Å². The number of allylic oxidation sites excluding steroid dienone is 4. The number of hydrogen-bond acceptors (Lipinski definition) is 2. The zero-order valence-corrected chi connectivity index (χ0v) is 19.6. The summed E-state index contributed by atoms with van der Waals surface area (Å²) < 4.78 is 5.38. The summed E-state index contributed by atoms with van der Waals surface area (Å²) in [6, 6.07) is 8.50. The lowest BCUT2D eigenvalue weighted by molar-refractivity contribution is -0.00716. The zero-order chi connectivity index (χ0) is 22.5. The quantitative estimate of drug-likeness (QED) is 0.620. The second kappa shape index (κ2) is 5.24. The molecule has 2 aliphatic heterocycles. The largest absolute Gasteiger partial charge is 0.348 e. The number of aryl methyl sites for hydroxylation is 1. The van der Waals surface area contributed by atoms with E-state index in [9.17, 15) is 9.59 Å². The van der Waals surface area contributed by atoms with Gasteiger partial charge >= 0.3 is 11.4 Å². The second-order valence-corrected chi connectivity index (χ2v) is 12.4. The Kier molecular flexibility index (Phi) is 2.99. The third-order valence-electron chi connectivity index (χ3n) is 11.8. The highest BCUT2D eigenvalue weighted by Gasteiger charge is 2.70. The van der Waals surface area contributed by atoms with Gasteiger partial charge in [0.25, 0.3) is 0 Å². The van der Waals surface area contributed by atoms with Crippen molar-refractivity contribution in [3.05, 3.63) is 80.7 Å². The standard InChI is InChI=1S/C28H31N3O2/c1-25(2)18-11-12-26(25,3)22(16-18)29-23(32)30-20-8-9-21(31(30)24(29)33)28-15-14-27(20,28)13-10-17-6-4-5-7-19(17)28/h4-9,14-15,18,20-22H,10-13,16H2,1-3H3/t18-,20-,21-,22+,26-,27-,28-/m0/s1. The summed E-state index contributed by atoms with van der Waals surface area (Å²) in [5.74, 6) is 0.583. The van der Waals surface area contributed by atoms with E-state index >= 15 is 0 Å². The fraction of sp³-hybridized carbons (Fsp3) is 0.571. The topological polar surface area (TPSA) is 48.9 Å². The molecule has 0 radical (unpaired) electrons. The van der Waals surface area contributed by atoms with E-state index in [0.717, 1.165) is 25.7 Å². The molecule has 5 heteroatoms. The lowest BCUT2D eigenvalue weighted by atomic mass is 9.40. The monoisotopic (exact) mass is 441 g/mol. The first-order valence-corrected chi connectivity index (χ1v) is 12.7. The van der Waals surface area contributed by atoms with Gasteiger partial charge in [-0.2, -0.15) is 0 Å². The number of aromatic nitrogens is 3. The van der Waals surface area contributed by atoms with Crippen molar-refractivity contribution in [1.82, 2.24) is 13.9 Å². The van der Waals surface area contributed by atoms with Crippen LogP contribution in [0.25, 0.3) is 0 Å². The van der Waals surface area contributed by atoms with Crippen molar-refractivity contribution < 1.29 is 0 Å². The van der Waals surface area contributed by atoms with Crippen LogP contribution in [0.5, 0.6) is 0 Å². The Morgan fingerprint density at radius 3 is 2.30 bits per heavy atom. The van der Waals surface area contributed by atoms with Crippen molar-refractivity contribution >= 4 is 0 Å². The highest BCUT2D eigenvalue weighted by Crippen LogP contribution is 2.72. The molecular formula is C28H31N3O2. The van der Waals surface area contributed by atoms with E-state index in [2.05, 4.69) is 69.3 Å². The average Bonchev–Trinajstić information content (AvgIpc) is 3.26. The van der Waals surface area contributed by atoms with Crippen LogP contribution in [0.2, 0.25) is 0 Å². The molecule has 5 aliphatic carbocycles. The first kappa shape index (κ1) is 18.8. The summed E-state index contributed by atoms with van der Waals surface area (Å²) in [4.78, 5) is 28.2. The molecule has 0 unspecified atom stereocenters. The summed E-state index contributed by atoms with van der Waals surface area (Å²) in [6.45, 7) is 7.02. The SMILES string of the molecule is CC1(C)[C@H]2CC[C@@]1(C)[C@H](n1c(=O)n3n(c1=O)[C@H]1C=C[C@H]3[C@@]34C=C[C@@]13CCc1ccccc14)C2. The summed E-state index contributed by atoms with van der Waals surface area (Å²) in [7, 11) is 0. The first-order chi connectivity index (χ1) is 15.8. The Hall–Kier alpha value is -2.56. The van der Waals surface area contributed by atoms with Crippen molar-refractivity contribution in [2.45, 2.75) is 76.4 Å². The molecule has 7 atom stereocenters. The van der Waals surface area contributed by atoms with Crippen LogP contribution >= 0.6 is 0 Å². The maximum absolute atomic E-state index is 14.1. The normalized spacial score (nSPS) is 44.2. The van der Waals surface area contributed by atoms with Crippen LogP contribution in [0.15, 0.2) is 58.2 Å². The molecule has 0 saturated heterocycles. The van der Waals surface area contributed by atoms with Crippen molar-refractivity contribution in [2.75, 3.05) is 0 Å². The number of fused-ring (bicyclic) bond motifs is 3. The molecular weight excluding hydrogens is 410 g/mol. The fourth-order valence-corrected chi connectivity index (χ4v) is 9.53. The highest BCUT2D eigenvalue weighted by molar-refractivity contribution is 5.57. The predicted octanol–water partition coefficient (Wildman–Crippen LogP) is 4.30. The van der Waals surface area contributed by atoms with Crippen LogP contribution in [-0.4, -0.2) is 13.9 Å². The van der Waals surface area contributed by atoms with Crippen LogP contribution < -0.4 is 11.4 Å². The molecule has 1 aromatic carbocycles. The van der Waals surface area contributed by atoms with Gasteiger partial charge in [0.05, 0.1) is 17.5 Å². The molecule has 3 heterocycles. The van der Waals surface area contributed by atoms with Gasteiger partial charge in [-0.1, -0.05) is 69.3 Å². The predicted molar refractivity (Wildman–Crippen MR) is 126 cm³/mol. The molecule has 2 saturated carbocycles. The first-order valence-electron chi connectivity index (χ1n) is 12.7. The molecule has 2 fully saturated rings. The van der Waals surface area contributed by atoms with Gasteiger partial charge in [0, 0.05) is 11.5 Å². The molecule has 2 aromatic rings. The highest BCUT2D eigenvalue weighted by atomic mass is 16.2. The van der Waals surface area contributed by atoms with Gasteiger partial charge in [0.2, 0.25) is 0 Å². The van der Waals surface area contributed by atoms with Crippen molar-refractivity contribution in [3.8, 4) is 0 Å². The third kappa shape index (κ3) is 1.63. The van der Waals surface area contributed by atoms with E-state index in [1.165, 1.54) is 17.5 Å². The van der Waals surface area contributed by atoms with Gasteiger partial charge in [-0.15, -0.1) is 0 Å². The minimum atomic E-state index is -0.221. The molecule has 0 amide bonds. The second-order valence-electron chi connectivity index (χ2n) is 12.4. The fourth-order valence-electron chi connectivity index (χ4n) is 9.53. The molecule has 170 valence electrons. The van der Waals surface area contributed by atoms with E-state index in [0.29, 0.717) is 5.92 Å². The lowest BCUT2D eigenvalue weighted by Crippen LogP contribution is -2.67. The smallest absolute Gasteiger partial charge is 0.246 e. The van der Waals surface area contributed by atoms with Crippen LogP contribution in [0.4, 0.5) is 0 Å². The number of rotatable bonds is 1. The van der Waals surface area contributed by atoms with Crippen molar-refractivity contribution in [1.29, 1.82) is 0 Å². The zero-order valence-electron chi connectivity index (χ0n) is 19.6. The lowest BCUT2D eigenvalue weighted by Gasteiger charge is -2.67. The van der Waals surface area contributed by atoms with Crippen LogP contribution in [0, 0.1) is 22.2 Å². The van der Waals surface area contributed by atoms with Crippen LogP contribution in [-0.2, 0) is 11.8 Å². The Bertz CT molecular complexity index is 1440. The van der Waals surface area contributed by atoms with E-state index in [-0.39, 0.29) is 51.2 Å². The summed E-state index contributed by atoms with van der Waals surface area (Å²) in [5, 5.41) is 0. The summed E-state index contributed by atoms with van der Waals surface area (Å²) in [6.07, 6.45) is 14.4. The van der Waals surface area contributed by atoms with Crippen molar-refractivity contribution in [3.63, 3.8) is 0 Å². The van der Waals surface area contributed by atoms with E-state index in [4.69, 9.17) is 0 Å². The maximum Gasteiger partial charge on any atom is 0.348 e. The molecule has 0 spiro atoms. The van der Waals surface area contributed by atoms with Gasteiger partial charge in [0.1, 0.15) is 0 Å². The summed E-state index contributed by atoms with van der Waals surface area (Å²) >= 11 is 0. The minimum Gasteiger partial charge on any atom is -0.246 e. The molecule has 7 aliphatic rings. The number of hydrogen-bond donors (Lipinski definition) is 0. The van der Waals surface area contributed by atoms with Gasteiger partial charge in [-0.05, 0) is 60.0 Å². The van der Waals surface area contributed by atoms with Gasteiger partial charge < -0.3 is 0 Å². The van der Waals surface area contributed by atoms with Gasteiger partial charge in [0.15, 0.2) is 0 Å². The Morgan fingerprint density at radius 2 is 1.64 bits per heavy atom. The minimum absolute atomic E-state index is 0.00817. The number of nitrogens with zero attached hydrogens (tertiary/aromatic N) is 3.